The van der Waals surface area contributed by atoms with Crippen molar-refractivity contribution in [2.24, 2.45) is 5.92 Å². The highest BCUT2D eigenvalue weighted by atomic mass is 19.1. The molecule has 0 spiro atoms. The number of alkyl halides is 1. The van der Waals surface area contributed by atoms with Crippen molar-refractivity contribution in [3.8, 4) is 23.3 Å². The number of likely N-dealkylation sites (tertiary alicyclic amines) is 1. The Kier molecular flexibility index (Phi) is 8.19. The molecular formula is C29H28F2N2O3. The molecule has 0 aromatic heterocycles. The summed E-state index contributed by atoms with van der Waals surface area (Å²) in [6.45, 7) is 5.25. The largest absolute Gasteiger partial charge is 0.508 e. The number of ether oxygens (including phenoxy) is 2. The maximum absolute atomic E-state index is 14.1. The van der Waals surface area contributed by atoms with Crippen LogP contribution in [0.25, 0.3) is 11.1 Å². The van der Waals surface area contributed by atoms with Crippen LogP contribution in [-0.2, 0) is 0 Å². The van der Waals surface area contributed by atoms with Gasteiger partial charge < -0.3 is 14.6 Å². The molecule has 3 aromatic carbocycles. The monoisotopic (exact) mass is 490 g/mol. The van der Waals surface area contributed by atoms with E-state index in [-0.39, 0.29) is 24.9 Å². The van der Waals surface area contributed by atoms with Crippen molar-refractivity contribution in [3.05, 3.63) is 89.2 Å². The van der Waals surface area contributed by atoms with Crippen LogP contribution in [0.2, 0.25) is 0 Å². The molecule has 36 heavy (non-hydrogen) atoms. The first kappa shape index (κ1) is 25.2. The van der Waals surface area contributed by atoms with E-state index in [0.29, 0.717) is 29.1 Å². The molecule has 1 N–H and O–H groups in total. The number of halogens is 2. The summed E-state index contributed by atoms with van der Waals surface area (Å²) in [4.78, 5) is 2.22. The van der Waals surface area contributed by atoms with Gasteiger partial charge in [0.1, 0.15) is 36.3 Å². The Hall–Kier alpha value is -3.89. The van der Waals surface area contributed by atoms with Crippen molar-refractivity contribution in [2.75, 3.05) is 39.5 Å². The van der Waals surface area contributed by atoms with Gasteiger partial charge in [0.25, 0.3) is 0 Å². The third-order valence-corrected chi connectivity index (χ3v) is 6.28. The lowest BCUT2D eigenvalue weighted by Crippen LogP contribution is -2.49. The third kappa shape index (κ3) is 6.02. The van der Waals surface area contributed by atoms with Crippen molar-refractivity contribution >= 4 is 11.1 Å². The summed E-state index contributed by atoms with van der Waals surface area (Å²) in [6.07, 6.45) is 0. The number of hydrogen-bond donors (Lipinski definition) is 1. The first-order valence-electron chi connectivity index (χ1n) is 11.8. The normalized spacial score (nSPS) is 15.1. The Morgan fingerprint density at radius 1 is 1.08 bits per heavy atom. The van der Waals surface area contributed by atoms with Gasteiger partial charge in [0.2, 0.25) is 0 Å². The number of aromatic hydroxyl groups is 1. The van der Waals surface area contributed by atoms with E-state index in [1.807, 2.05) is 43.3 Å². The Labute approximate surface area is 209 Å². The van der Waals surface area contributed by atoms with Crippen LogP contribution in [0, 0.1) is 23.1 Å². The number of rotatable bonds is 6. The second kappa shape index (κ2) is 11.7. The lowest BCUT2D eigenvalue weighted by Gasteiger charge is -2.37. The zero-order valence-electron chi connectivity index (χ0n) is 20.1. The van der Waals surface area contributed by atoms with Crippen molar-refractivity contribution in [3.63, 3.8) is 0 Å². The number of benzene rings is 3. The number of hydrogen-bond acceptors (Lipinski definition) is 5. The van der Waals surface area contributed by atoms with Crippen LogP contribution >= 0.6 is 0 Å². The molecule has 2 aliphatic rings. The molecule has 1 saturated heterocycles. The highest BCUT2D eigenvalue weighted by Crippen LogP contribution is 2.39. The molecule has 186 valence electrons. The minimum Gasteiger partial charge on any atom is -0.508 e. The molecular weight excluding hydrogens is 462 g/mol. The predicted molar refractivity (Wildman–Crippen MR) is 135 cm³/mol. The van der Waals surface area contributed by atoms with Gasteiger partial charge >= 0.3 is 0 Å². The summed E-state index contributed by atoms with van der Waals surface area (Å²) in [7, 11) is 0. The molecule has 5 rings (SSSR count). The van der Waals surface area contributed by atoms with E-state index in [9.17, 15) is 13.9 Å². The quantitative estimate of drug-likeness (QED) is 0.481. The maximum Gasteiger partial charge on any atom is 0.130 e. The summed E-state index contributed by atoms with van der Waals surface area (Å²) in [6, 6.07) is 20.9. The summed E-state index contributed by atoms with van der Waals surface area (Å²) in [5.41, 5.74) is 3.01. The van der Waals surface area contributed by atoms with E-state index in [1.165, 1.54) is 18.2 Å². The molecule has 2 aliphatic heterocycles. The molecule has 0 unspecified atom stereocenters. The van der Waals surface area contributed by atoms with Crippen LogP contribution in [0.5, 0.6) is 17.2 Å². The van der Waals surface area contributed by atoms with Crippen LogP contribution in [0.15, 0.2) is 66.7 Å². The average molecular weight is 491 g/mol. The van der Waals surface area contributed by atoms with E-state index in [1.54, 1.807) is 18.2 Å². The van der Waals surface area contributed by atoms with E-state index in [2.05, 4.69) is 4.90 Å². The molecule has 0 radical (unpaired) electrons. The van der Waals surface area contributed by atoms with Crippen LogP contribution in [0.4, 0.5) is 8.78 Å². The summed E-state index contributed by atoms with van der Waals surface area (Å²) in [5, 5.41) is 18.6. The Morgan fingerprint density at radius 3 is 2.58 bits per heavy atom. The molecule has 3 aromatic rings. The van der Waals surface area contributed by atoms with E-state index in [4.69, 9.17) is 14.7 Å². The molecule has 1 fully saturated rings. The van der Waals surface area contributed by atoms with Gasteiger partial charge in [-0.2, -0.15) is 5.26 Å². The van der Waals surface area contributed by atoms with Crippen molar-refractivity contribution in [1.29, 1.82) is 5.26 Å². The lowest BCUT2D eigenvalue weighted by molar-refractivity contribution is 0.0668. The molecule has 0 bridgehead atoms. The predicted octanol–water partition coefficient (Wildman–Crippen LogP) is 5.69. The van der Waals surface area contributed by atoms with E-state index < -0.39 is 5.82 Å². The maximum atomic E-state index is 14.1. The average Bonchev–Trinajstić information content (AvgIpc) is 2.87. The van der Waals surface area contributed by atoms with Crippen LogP contribution in [-0.4, -0.2) is 49.5 Å². The van der Waals surface area contributed by atoms with Gasteiger partial charge in [0.15, 0.2) is 0 Å². The van der Waals surface area contributed by atoms with Gasteiger partial charge in [-0.25, -0.2) is 4.39 Å². The number of para-hydroxylation sites is 1. The lowest BCUT2D eigenvalue weighted by atomic mass is 9.92. The van der Waals surface area contributed by atoms with Crippen molar-refractivity contribution < 1.29 is 23.4 Å². The van der Waals surface area contributed by atoms with Gasteiger partial charge in [0.05, 0.1) is 18.3 Å². The molecule has 0 atom stereocenters. The van der Waals surface area contributed by atoms with E-state index >= 15 is 0 Å². The Morgan fingerprint density at radius 2 is 1.86 bits per heavy atom. The highest BCUT2D eigenvalue weighted by molar-refractivity contribution is 5.94. The van der Waals surface area contributed by atoms with Crippen LogP contribution in [0.1, 0.15) is 23.6 Å². The molecule has 0 saturated carbocycles. The third-order valence-electron chi connectivity index (χ3n) is 6.28. The van der Waals surface area contributed by atoms with Gasteiger partial charge in [0, 0.05) is 42.3 Å². The van der Waals surface area contributed by atoms with Gasteiger partial charge in [-0.05, 0) is 61.0 Å². The molecule has 2 heterocycles. The number of nitriles is 1. The first-order valence-corrected chi connectivity index (χ1v) is 11.8. The number of fused-ring (bicyclic) bond motifs is 1. The number of phenolic OH excluding ortho intramolecular Hbond substituents is 1. The van der Waals surface area contributed by atoms with Gasteiger partial charge in [-0.3, -0.25) is 9.29 Å². The number of nitrogens with zero attached hydrogens (tertiary/aromatic N) is 2. The smallest absolute Gasteiger partial charge is 0.130 e. The fourth-order valence-electron chi connectivity index (χ4n) is 4.23. The fourth-order valence-corrected chi connectivity index (χ4v) is 4.23. The van der Waals surface area contributed by atoms with Gasteiger partial charge in [-0.1, -0.05) is 18.2 Å². The molecule has 7 heteroatoms. The van der Waals surface area contributed by atoms with Crippen molar-refractivity contribution in [2.45, 2.75) is 6.92 Å². The number of phenols is 1. The standard InChI is InChI=1S/C17H12FNO2.C12H16FNO/c1-10-13-7-12(20)3-5-17(13)21-9-15(10)14-6-11(8-19)2-4-16(14)18;13-8-11-9-14(10-11)6-7-15-12-4-2-1-3-5-12/h2-7,20H,9H2,1H3;1-5,11H,6-10H2. The zero-order valence-corrected chi connectivity index (χ0v) is 20.1. The minimum atomic E-state index is -0.393. The highest BCUT2D eigenvalue weighted by Gasteiger charge is 2.25. The SMILES string of the molecule is CC1=C(c2cc(C#N)ccc2F)COc2ccc(O)cc21.FCC1CN(CCOc2ccccc2)C1. The molecule has 5 nitrogen and oxygen atoms in total. The van der Waals surface area contributed by atoms with Crippen LogP contribution in [0.3, 0.4) is 0 Å². The Balaban J connectivity index is 0.000000179. The van der Waals surface area contributed by atoms with Gasteiger partial charge in [-0.15, -0.1) is 0 Å². The first-order chi connectivity index (χ1) is 17.5. The zero-order chi connectivity index (χ0) is 25.5. The number of allylic oxidation sites excluding steroid dienone is 1. The summed E-state index contributed by atoms with van der Waals surface area (Å²) < 4.78 is 37.4. The van der Waals surface area contributed by atoms with Crippen LogP contribution < -0.4 is 9.47 Å². The van der Waals surface area contributed by atoms with E-state index in [0.717, 1.165) is 36.5 Å². The second-order valence-corrected chi connectivity index (χ2v) is 8.82. The topological polar surface area (TPSA) is 65.7 Å². The summed E-state index contributed by atoms with van der Waals surface area (Å²) >= 11 is 0. The van der Waals surface area contributed by atoms with Crippen molar-refractivity contribution in [1.82, 2.24) is 4.90 Å². The minimum absolute atomic E-state index is 0.129. The molecule has 0 aliphatic carbocycles. The fraction of sp³-hybridized carbons (Fsp3) is 0.276. The molecule has 0 amide bonds. The Bertz CT molecular complexity index is 1270. The second-order valence-electron chi connectivity index (χ2n) is 8.82. The summed E-state index contributed by atoms with van der Waals surface area (Å²) in [5.74, 6) is 1.56.